The van der Waals surface area contributed by atoms with Gasteiger partial charge in [0.25, 0.3) is 0 Å². The van der Waals surface area contributed by atoms with E-state index in [0.717, 1.165) is 0 Å². The number of carbonyl (C=O) groups is 1. The highest BCUT2D eigenvalue weighted by atomic mass is 28.3. The maximum Gasteiger partial charge on any atom is 0.407 e. The number of ether oxygens (including phenoxy) is 3. The summed E-state index contributed by atoms with van der Waals surface area (Å²) in [6, 6.07) is 5.29. The summed E-state index contributed by atoms with van der Waals surface area (Å²) in [5, 5.41) is 11.1. The van der Waals surface area contributed by atoms with E-state index < -0.39 is 50.5 Å². The van der Waals surface area contributed by atoms with Crippen LogP contribution in [0.4, 0.5) is 23.8 Å². The Hall–Kier alpha value is -4.65. The molecule has 0 radical (unpaired) electrons. The molecule has 4 aliphatic heterocycles. The summed E-state index contributed by atoms with van der Waals surface area (Å²) < 4.78 is 92.0. The fraction of sp³-hybridized carbons (Fsp3) is 0.556. The molecule has 2 bridgehead atoms. The van der Waals surface area contributed by atoms with Crippen molar-refractivity contribution in [3.05, 3.63) is 47.7 Å². The number of rotatable bonds is 11. The van der Waals surface area contributed by atoms with Gasteiger partial charge < -0.3 is 24.2 Å². The second-order valence-corrected chi connectivity index (χ2v) is 23.2. The van der Waals surface area contributed by atoms with E-state index in [1.807, 2.05) is 4.90 Å². The number of anilines is 1. The number of piperazine rings is 1. The van der Waals surface area contributed by atoms with Gasteiger partial charge in [-0.05, 0) is 72.4 Å². The number of fused-ring (bicyclic) bond motifs is 5. The van der Waals surface area contributed by atoms with Gasteiger partial charge in [0.2, 0.25) is 0 Å². The third-order valence-corrected chi connectivity index (χ3v) is 19.6. The van der Waals surface area contributed by atoms with Crippen LogP contribution in [0, 0.1) is 23.1 Å². The van der Waals surface area contributed by atoms with Gasteiger partial charge in [0.15, 0.2) is 12.6 Å². The molecule has 0 spiro atoms. The second kappa shape index (κ2) is 16.3. The van der Waals surface area contributed by atoms with Crippen molar-refractivity contribution in [3.63, 3.8) is 0 Å². The molecule has 60 heavy (non-hydrogen) atoms. The van der Waals surface area contributed by atoms with Crippen molar-refractivity contribution in [1.29, 1.82) is 0 Å². The van der Waals surface area contributed by atoms with E-state index >= 15 is 13.2 Å². The minimum atomic E-state index is -2.41. The maximum atomic E-state index is 17.8. The number of alkyl halides is 1. The van der Waals surface area contributed by atoms with Crippen LogP contribution in [-0.4, -0.2) is 114 Å². The Morgan fingerprint density at radius 3 is 2.45 bits per heavy atom. The van der Waals surface area contributed by atoms with Crippen LogP contribution in [0.15, 0.2) is 30.5 Å². The van der Waals surface area contributed by atoms with Gasteiger partial charge in [0, 0.05) is 53.1 Å². The number of nitrogens with zero attached hydrogens (tertiary/aromatic N) is 6. The first kappa shape index (κ1) is 38.3. The molecule has 11 nitrogen and oxygen atoms in total. The van der Waals surface area contributed by atoms with Crippen molar-refractivity contribution in [2.24, 2.45) is 0 Å². The SMILES string of the molecule is [2H]C1([2H])CC[C@@]2(COc3nc(N4C[C@H]5CC[C@@H](C4)N5C(=O)O)c4cnc(-c5cc(OCOC)cc6ccc(F)c(C#C[Si](C(C)C)(C(C)C)C(C)C)c56)c(F)c4n3)C[C@@]([2H])(F)CN12. The monoisotopic (exact) mass is 847 g/mol. The van der Waals surface area contributed by atoms with Crippen LogP contribution < -0.4 is 14.4 Å². The van der Waals surface area contributed by atoms with Gasteiger partial charge >= 0.3 is 12.1 Å². The first-order valence-electron chi connectivity index (χ1n) is 22.4. The summed E-state index contributed by atoms with van der Waals surface area (Å²) in [5.74, 6) is 2.41. The Morgan fingerprint density at radius 1 is 1.07 bits per heavy atom. The Morgan fingerprint density at radius 2 is 1.78 bits per heavy atom. The molecule has 1 amide bonds. The van der Waals surface area contributed by atoms with E-state index in [2.05, 4.69) is 58.0 Å². The Balaban J connectivity index is 1.31. The molecule has 1 N–H and O–H groups in total. The number of pyridine rings is 1. The molecule has 0 saturated carbocycles. The highest BCUT2D eigenvalue weighted by Gasteiger charge is 2.50. The molecule has 0 aliphatic carbocycles. The third kappa shape index (κ3) is 7.21. The predicted octanol–water partition coefficient (Wildman–Crippen LogP) is 8.96. The predicted molar refractivity (Wildman–Crippen MR) is 228 cm³/mol. The highest BCUT2D eigenvalue weighted by molar-refractivity contribution is 6.90. The quantitative estimate of drug-likeness (QED) is 0.0892. The largest absolute Gasteiger partial charge is 0.468 e. The molecule has 8 rings (SSSR count). The molecular weight excluding hydrogens is 790 g/mol. The van der Waals surface area contributed by atoms with Gasteiger partial charge in [-0.3, -0.25) is 14.8 Å². The van der Waals surface area contributed by atoms with Crippen LogP contribution >= 0.6 is 0 Å². The lowest BCUT2D eigenvalue weighted by Crippen LogP contribution is -2.55. The van der Waals surface area contributed by atoms with Crippen LogP contribution in [-0.2, 0) is 4.74 Å². The molecule has 4 aliphatic rings. The fourth-order valence-corrected chi connectivity index (χ4v) is 15.8. The van der Waals surface area contributed by atoms with Crippen molar-refractivity contribution in [3.8, 4) is 34.5 Å². The average Bonchev–Trinajstić information content (AvgIpc) is 3.76. The van der Waals surface area contributed by atoms with Crippen molar-refractivity contribution >= 4 is 41.7 Å². The number of methoxy groups -OCH3 is 1. The maximum absolute atomic E-state index is 17.8. The standard InChI is InChI=1S/C45H55F3N6O5Si/c1-26(2)60(27(3)4,28(5)6)16-13-34-37(47)12-9-29-17-33(59-25-57-7)18-35(38(29)34)40-39(48)41-36(20-49-40)42(52-22-31-10-11-32(23-52)54(31)44(55)56)51-43(50-41)58-24-45-14-8-15-53(45)21-30(46)19-45/h9,12,17-18,20,26-28,30-32H,8,10-11,14-15,19,21-25H2,1-7H3,(H,55,56)/t30-,31-,32+,45+/m1/s1/i15D2,30D. The molecule has 4 aromatic rings. The fourth-order valence-electron chi connectivity index (χ4n) is 10.6. The number of hydrogen-bond donors (Lipinski definition) is 1. The van der Waals surface area contributed by atoms with E-state index in [-0.39, 0.29) is 114 Å². The zero-order chi connectivity index (χ0) is 45.4. The number of halogens is 3. The zero-order valence-electron chi connectivity index (χ0n) is 38.2. The van der Waals surface area contributed by atoms with Gasteiger partial charge in [-0.15, -0.1) is 5.54 Å². The third-order valence-electron chi connectivity index (χ3n) is 13.3. The van der Waals surface area contributed by atoms with Crippen LogP contribution in [0.25, 0.3) is 32.9 Å². The molecule has 2 aromatic heterocycles. The molecule has 15 heteroatoms. The van der Waals surface area contributed by atoms with Crippen LogP contribution in [0.1, 0.15) is 83.3 Å². The topological polar surface area (TPSA) is 113 Å². The van der Waals surface area contributed by atoms with E-state index in [0.29, 0.717) is 29.4 Å². The molecule has 4 saturated heterocycles. The van der Waals surface area contributed by atoms with Crippen LogP contribution in [0.3, 0.4) is 0 Å². The molecule has 2 aromatic carbocycles. The minimum Gasteiger partial charge on any atom is -0.468 e. The van der Waals surface area contributed by atoms with E-state index in [1.54, 1.807) is 18.2 Å². The average molecular weight is 848 g/mol. The van der Waals surface area contributed by atoms with E-state index in [9.17, 15) is 9.90 Å². The molecule has 0 unspecified atom stereocenters. The second-order valence-electron chi connectivity index (χ2n) is 17.6. The minimum absolute atomic E-state index is 0.107. The van der Waals surface area contributed by atoms with Gasteiger partial charge in [0.05, 0.1) is 29.9 Å². The van der Waals surface area contributed by atoms with Crippen LogP contribution in [0.2, 0.25) is 16.6 Å². The van der Waals surface area contributed by atoms with Gasteiger partial charge in [-0.2, -0.15) is 9.97 Å². The summed E-state index contributed by atoms with van der Waals surface area (Å²) in [6.07, 6.45) is -0.653. The summed E-state index contributed by atoms with van der Waals surface area (Å²) in [4.78, 5) is 31.0. The lowest BCUT2D eigenvalue weighted by molar-refractivity contribution is 0.0512. The Kier molecular flexibility index (Phi) is 10.4. The first-order chi connectivity index (χ1) is 29.7. The summed E-state index contributed by atoms with van der Waals surface area (Å²) in [5.41, 5.74) is 3.21. The first-order valence-corrected chi connectivity index (χ1v) is 23.1. The van der Waals surface area contributed by atoms with Crippen molar-refractivity contribution in [1.82, 2.24) is 24.8 Å². The number of aromatic nitrogens is 3. The molecule has 6 heterocycles. The normalized spacial score (nSPS) is 25.8. The van der Waals surface area contributed by atoms with Gasteiger partial charge in [-0.1, -0.05) is 53.5 Å². The summed E-state index contributed by atoms with van der Waals surface area (Å²) in [7, 11) is -0.892. The van der Waals surface area contributed by atoms with E-state index in [1.165, 1.54) is 29.2 Å². The molecular formula is C45H55F3N6O5Si. The van der Waals surface area contributed by atoms with Crippen LogP contribution in [0.5, 0.6) is 11.8 Å². The number of amides is 1. The van der Waals surface area contributed by atoms with Gasteiger partial charge in [0.1, 0.15) is 49.4 Å². The van der Waals surface area contributed by atoms with Crippen molar-refractivity contribution < 1.29 is 41.4 Å². The Labute approximate surface area is 354 Å². The molecule has 4 atom stereocenters. The molecule has 4 fully saturated rings. The summed E-state index contributed by atoms with van der Waals surface area (Å²) >= 11 is 0. The van der Waals surface area contributed by atoms with E-state index in [4.69, 9.17) is 28.3 Å². The van der Waals surface area contributed by atoms with Gasteiger partial charge in [-0.25, -0.2) is 18.0 Å². The lowest BCUT2D eigenvalue weighted by Gasteiger charge is -2.40. The number of carboxylic acid groups (broad SMARTS) is 1. The molecule has 320 valence electrons. The lowest BCUT2D eigenvalue weighted by atomic mass is 9.95. The summed E-state index contributed by atoms with van der Waals surface area (Å²) in [6.45, 7) is 10.9. The highest BCUT2D eigenvalue weighted by Crippen LogP contribution is 2.44. The number of benzene rings is 2. The Bertz CT molecular complexity index is 2490. The smallest absolute Gasteiger partial charge is 0.407 e. The van der Waals surface area contributed by atoms with Crippen molar-refractivity contribution in [2.45, 2.75) is 114 Å². The zero-order valence-corrected chi connectivity index (χ0v) is 36.2. The van der Waals surface area contributed by atoms with Crippen molar-refractivity contribution in [2.75, 3.05) is 51.5 Å². The number of hydrogen-bond acceptors (Lipinski definition) is 9.